The number of nitrogens with zero attached hydrogens (tertiary/aromatic N) is 2. The van der Waals surface area contributed by atoms with Gasteiger partial charge in [-0.2, -0.15) is 13.2 Å². The first-order chi connectivity index (χ1) is 9.38. The maximum atomic E-state index is 13.6. The van der Waals surface area contributed by atoms with Crippen LogP contribution in [0.2, 0.25) is 0 Å². The van der Waals surface area contributed by atoms with E-state index < -0.39 is 18.8 Å². The maximum Gasteiger partial charge on any atom is 0.415 e. The zero-order valence-electron chi connectivity index (χ0n) is 10.8. The summed E-state index contributed by atoms with van der Waals surface area (Å²) in [6.45, 7) is 1.16. The quantitative estimate of drug-likeness (QED) is 0.862. The Balaban J connectivity index is 1.88. The van der Waals surface area contributed by atoms with E-state index in [9.17, 15) is 17.6 Å². The third-order valence-corrected chi connectivity index (χ3v) is 3.37. The first kappa shape index (κ1) is 15.1. The smallest absolute Gasteiger partial charge is 0.382 e. The second-order valence-electron chi connectivity index (χ2n) is 4.80. The van der Waals surface area contributed by atoms with Gasteiger partial charge in [0.05, 0.1) is 5.69 Å². The van der Waals surface area contributed by atoms with Crippen molar-refractivity contribution >= 4 is 5.69 Å². The number of anilines is 1. The molecule has 1 heterocycles. The largest absolute Gasteiger partial charge is 0.415 e. The number of aliphatic hydroxyl groups is 1. The highest BCUT2D eigenvalue weighted by Gasteiger charge is 2.39. The number of piperazine rings is 1. The Labute approximate surface area is 114 Å². The van der Waals surface area contributed by atoms with Gasteiger partial charge in [0.1, 0.15) is 5.82 Å². The van der Waals surface area contributed by atoms with Crippen molar-refractivity contribution in [1.82, 2.24) is 4.90 Å². The molecule has 1 aliphatic heterocycles. The molecule has 1 saturated heterocycles. The number of rotatable bonds is 3. The molecule has 1 N–H and O–H groups in total. The summed E-state index contributed by atoms with van der Waals surface area (Å²) in [6, 6.07) is 6.32. The van der Waals surface area contributed by atoms with Gasteiger partial charge < -0.3 is 10.0 Å². The molecule has 3 nitrogen and oxygen atoms in total. The monoisotopic (exact) mass is 292 g/mol. The predicted molar refractivity (Wildman–Crippen MR) is 67.1 cm³/mol. The fourth-order valence-electron chi connectivity index (χ4n) is 2.23. The summed E-state index contributed by atoms with van der Waals surface area (Å²) in [4.78, 5) is 3.33. The first-order valence-corrected chi connectivity index (χ1v) is 6.34. The third-order valence-electron chi connectivity index (χ3n) is 3.37. The van der Waals surface area contributed by atoms with Crippen molar-refractivity contribution in [3.8, 4) is 0 Å². The normalized spacial score (nSPS) is 19.1. The fourth-order valence-corrected chi connectivity index (χ4v) is 2.23. The number of hydrogen-bond acceptors (Lipinski definition) is 3. The number of halogens is 4. The third kappa shape index (κ3) is 3.61. The Morgan fingerprint density at radius 1 is 1.10 bits per heavy atom. The molecule has 1 unspecified atom stereocenters. The van der Waals surface area contributed by atoms with Crippen LogP contribution in [0.15, 0.2) is 24.3 Å². The van der Waals surface area contributed by atoms with Crippen LogP contribution in [0.4, 0.5) is 23.2 Å². The molecular weight excluding hydrogens is 276 g/mol. The summed E-state index contributed by atoms with van der Waals surface area (Å²) < 4.78 is 50.4. The Hall–Kier alpha value is -1.34. The summed E-state index contributed by atoms with van der Waals surface area (Å²) in [5.41, 5.74) is 0.462. The molecule has 1 atom stereocenters. The Kier molecular flexibility index (Phi) is 4.49. The molecule has 2 rings (SSSR count). The van der Waals surface area contributed by atoms with Gasteiger partial charge in [-0.05, 0) is 12.1 Å². The molecule has 1 aromatic carbocycles. The van der Waals surface area contributed by atoms with Gasteiger partial charge in [0.2, 0.25) is 0 Å². The van der Waals surface area contributed by atoms with Gasteiger partial charge in [0.25, 0.3) is 0 Å². The lowest BCUT2D eigenvalue weighted by Gasteiger charge is -2.37. The minimum atomic E-state index is -4.59. The van der Waals surface area contributed by atoms with E-state index in [1.54, 1.807) is 23.1 Å². The molecule has 1 aliphatic rings. The van der Waals surface area contributed by atoms with Crippen LogP contribution in [-0.4, -0.2) is 55.0 Å². The van der Waals surface area contributed by atoms with Crippen molar-refractivity contribution in [2.24, 2.45) is 0 Å². The van der Waals surface area contributed by atoms with Crippen molar-refractivity contribution in [3.63, 3.8) is 0 Å². The van der Waals surface area contributed by atoms with Crippen LogP contribution in [0.25, 0.3) is 0 Å². The second-order valence-corrected chi connectivity index (χ2v) is 4.80. The van der Waals surface area contributed by atoms with Crippen LogP contribution in [0.5, 0.6) is 0 Å². The molecule has 1 aromatic rings. The molecule has 0 amide bonds. The molecule has 20 heavy (non-hydrogen) atoms. The number of β-amino-alcohol motifs (C(OH)–C–C–N with tert-alkyl or cyclic N) is 1. The van der Waals surface area contributed by atoms with Crippen LogP contribution in [0.1, 0.15) is 0 Å². The second kappa shape index (κ2) is 5.97. The fraction of sp³-hybridized carbons (Fsp3) is 0.538. The maximum absolute atomic E-state index is 13.6. The average Bonchev–Trinajstić information content (AvgIpc) is 2.39. The van der Waals surface area contributed by atoms with Crippen molar-refractivity contribution in [3.05, 3.63) is 30.1 Å². The number of para-hydroxylation sites is 1. The van der Waals surface area contributed by atoms with E-state index in [2.05, 4.69) is 0 Å². The van der Waals surface area contributed by atoms with E-state index in [4.69, 9.17) is 5.11 Å². The highest BCUT2D eigenvalue weighted by Crippen LogP contribution is 2.23. The highest BCUT2D eigenvalue weighted by atomic mass is 19.4. The number of alkyl halides is 3. The minimum Gasteiger partial charge on any atom is -0.382 e. The number of aliphatic hydroxyl groups excluding tert-OH is 1. The van der Waals surface area contributed by atoms with Gasteiger partial charge in [-0.15, -0.1) is 0 Å². The molecular formula is C13H16F4N2O. The summed E-state index contributed by atoms with van der Waals surface area (Å²) in [7, 11) is 0. The van der Waals surface area contributed by atoms with E-state index in [1.165, 1.54) is 11.0 Å². The van der Waals surface area contributed by atoms with Gasteiger partial charge in [0, 0.05) is 32.7 Å². The van der Waals surface area contributed by atoms with Gasteiger partial charge in [-0.3, -0.25) is 4.90 Å². The summed E-state index contributed by atoms with van der Waals surface area (Å²) >= 11 is 0. The van der Waals surface area contributed by atoms with Crippen LogP contribution >= 0.6 is 0 Å². The Morgan fingerprint density at radius 2 is 1.70 bits per heavy atom. The molecule has 0 aromatic heterocycles. The summed E-state index contributed by atoms with van der Waals surface area (Å²) in [6.07, 6.45) is -6.93. The Morgan fingerprint density at radius 3 is 2.25 bits per heavy atom. The molecule has 0 saturated carbocycles. The standard InChI is InChI=1S/C13H16F4N2O/c14-10-3-1-2-4-11(10)19-7-5-18(6-8-19)9-12(20)13(15,16)17/h1-4,12,20H,5-9H2. The molecule has 0 bridgehead atoms. The van der Waals surface area contributed by atoms with Crippen LogP contribution in [-0.2, 0) is 0 Å². The van der Waals surface area contributed by atoms with Crippen molar-refractivity contribution in [1.29, 1.82) is 0 Å². The zero-order chi connectivity index (χ0) is 14.8. The first-order valence-electron chi connectivity index (χ1n) is 6.34. The van der Waals surface area contributed by atoms with Crippen molar-refractivity contribution < 1.29 is 22.7 Å². The lowest BCUT2D eigenvalue weighted by atomic mass is 10.2. The number of hydrogen-bond donors (Lipinski definition) is 1. The zero-order valence-corrected chi connectivity index (χ0v) is 10.8. The van der Waals surface area contributed by atoms with Gasteiger partial charge in [-0.1, -0.05) is 12.1 Å². The predicted octanol–water partition coefficient (Wildman–Crippen LogP) is 1.87. The van der Waals surface area contributed by atoms with E-state index in [0.29, 0.717) is 31.9 Å². The molecule has 7 heteroatoms. The summed E-state index contributed by atoms with van der Waals surface area (Å²) in [5.74, 6) is -0.337. The lowest BCUT2D eigenvalue weighted by Crippen LogP contribution is -2.51. The van der Waals surface area contributed by atoms with Crippen molar-refractivity contribution in [2.45, 2.75) is 12.3 Å². The summed E-state index contributed by atoms with van der Waals surface area (Å²) in [5, 5.41) is 9.02. The van der Waals surface area contributed by atoms with E-state index >= 15 is 0 Å². The van der Waals surface area contributed by atoms with Crippen molar-refractivity contribution in [2.75, 3.05) is 37.6 Å². The molecule has 1 fully saturated rings. The average molecular weight is 292 g/mol. The lowest BCUT2D eigenvalue weighted by molar-refractivity contribution is -0.208. The SMILES string of the molecule is OC(CN1CCN(c2ccccc2F)CC1)C(F)(F)F. The van der Waals surface area contributed by atoms with E-state index in [-0.39, 0.29) is 5.82 Å². The van der Waals surface area contributed by atoms with Crippen LogP contribution in [0.3, 0.4) is 0 Å². The van der Waals surface area contributed by atoms with E-state index in [0.717, 1.165) is 0 Å². The van der Waals surface area contributed by atoms with Gasteiger partial charge >= 0.3 is 6.18 Å². The van der Waals surface area contributed by atoms with Crippen LogP contribution in [0, 0.1) is 5.82 Å². The molecule has 0 spiro atoms. The molecule has 0 aliphatic carbocycles. The van der Waals surface area contributed by atoms with E-state index in [1.807, 2.05) is 0 Å². The Bertz CT molecular complexity index is 444. The van der Waals surface area contributed by atoms with Gasteiger partial charge in [-0.25, -0.2) is 4.39 Å². The van der Waals surface area contributed by atoms with Crippen LogP contribution < -0.4 is 4.90 Å². The number of benzene rings is 1. The minimum absolute atomic E-state index is 0.337. The molecule has 112 valence electrons. The highest BCUT2D eigenvalue weighted by molar-refractivity contribution is 5.47. The van der Waals surface area contributed by atoms with Gasteiger partial charge in [0.15, 0.2) is 6.10 Å². The topological polar surface area (TPSA) is 26.7 Å². The molecule has 0 radical (unpaired) electrons.